The first-order chi connectivity index (χ1) is 7.34. The highest BCUT2D eigenvalue weighted by Crippen LogP contribution is 2.20. The molecule has 0 bridgehead atoms. The summed E-state index contributed by atoms with van der Waals surface area (Å²) in [6.07, 6.45) is 5.52. The van der Waals surface area contributed by atoms with Crippen molar-refractivity contribution in [3.05, 3.63) is 42.4 Å². The Kier molecular flexibility index (Phi) is 1.62. The Morgan fingerprint density at radius 1 is 1.33 bits per heavy atom. The molecule has 0 aliphatic heterocycles. The van der Waals surface area contributed by atoms with E-state index >= 15 is 0 Å². The van der Waals surface area contributed by atoms with Gasteiger partial charge in [-0.05, 0) is 30.7 Å². The summed E-state index contributed by atoms with van der Waals surface area (Å²) < 4.78 is 1.76. The first-order valence-corrected chi connectivity index (χ1v) is 4.79. The first kappa shape index (κ1) is 8.23. The number of rotatable bonds is 1. The quantitative estimate of drug-likeness (QED) is 0.650. The summed E-state index contributed by atoms with van der Waals surface area (Å²) in [5.74, 6) is 0. The van der Waals surface area contributed by atoms with E-state index in [0.717, 1.165) is 11.2 Å². The van der Waals surface area contributed by atoms with E-state index in [1.165, 1.54) is 10.9 Å². The maximum Gasteiger partial charge on any atom is 0.0697 e. The van der Waals surface area contributed by atoms with Crippen molar-refractivity contribution in [2.24, 2.45) is 0 Å². The van der Waals surface area contributed by atoms with Crippen molar-refractivity contribution < 1.29 is 0 Å². The number of nitrogens with one attached hydrogen (secondary N) is 1. The molecule has 2 heterocycles. The zero-order valence-corrected chi connectivity index (χ0v) is 8.31. The van der Waals surface area contributed by atoms with Gasteiger partial charge in [-0.1, -0.05) is 5.21 Å². The van der Waals surface area contributed by atoms with Crippen LogP contribution in [-0.4, -0.2) is 20.0 Å². The first-order valence-electron chi connectivity index (χ1n) is 4.79. The Bertz CT molecular complexity index is 592. The van der Waals surface area contributed by atoms with Crippen molar-refractivity contribution in [1.82, 2.24) is 20.0 Å². The summed E-state index contributed by atoms with van der Waals surface area (Å²) in [6.45, 7) is 2.09. The lowest BCUT2D eigenvalue weighted by Crippen LogP contribution is -1.94. The summed E-state index contributed by atoms with van der Waals surface area (Å²) in [6, 6.07) is 6.18. The van der Waals surface area contributed by atoms with Gasteiger partial charge in [0.1, 0.15) is 0 Å². The number of fused-ring (bicyclic) bond motifs is 1. The molecule has 3 rings (SSSR count). The van der Waals surface area contributed by atoms with E-state index in [4.69, 9.17) is 0 Å². The maximum atomic E-state index is 3.96. The van der Waals surface area contributed by atoms with Crippen LogP contribution in [0.2, 0.25) is 0 Å². The fourth-order valence-electron chi connectivity index (χ4n) is 1.74. The number of hydrogen-bond acceptors (Lipinski definition) is 2. The van der Waals surface area contributed by atoms with Gasteiger partial charge in [-0.3, -0.25) is 0 Å². The molecule has 4 heteroatoms. The summed E-state index contributed by atoms with van der Waals surface area (Å²) in [5.41, 5.74) is 3.42. The molecule has 0 aliphatic rings. The summed E-state index contributed by atoms with van der Waals surface area (Å²) in [7, 11) is 0. The topological polar surface area (TPSA) is 46.5 Å². The van der Waals surface area contributed by atoms with Crippen LogP contribution in [0, 0.1) is 6.92 Å². The Morgan fingerprint density at radius 3 is 3.07 bits per heavy atom. The van der Waals surface area contributed by atoms with Gasteiger partial charge in [0.25, 0.3) is 0 Å². The molecule has 2 aromatic heterocycles. The molecule has 1 N–H and O–H groups in total. The van der Waals surface area contributed by atoms with Gasteiger partial charge >= 0.3 is 0 Å². The van der Waals surface area contributed by atoms with E-state index in [-0.39, 0.29) is 0 Å². The second-order valence-electron chi connectivity index (χ2n) is 3.55. The second kappa shape index (κ2) is 2.95. The zero-order chi connectivity index (χ0) is 10.3. The maximum absolute atomic E-state index is 3.96. The van der Waals surface area contributed by atoms with Crippen molar-refractivity contribution in [3.8, 4) is 5.69 Å². The second-order valence-corrected chi connectivity index (χ2v) is 3.55. The molecule has 0 amide bonds. The lowest BCUT2D eigenvalue weighted by atomic mass is 10.2. The molecule has 0 saturated heterocycles. The van der Waals surface area contributed by atoms with Gasteiger partial charge in [-0.2, -0.15) is 0 Å². The normalized spacial score (nSPS) is 11.0. The highest BCUT2D eigenvalue weighted by Gasteiger charge is 2.02. The number of H-pyrrole nitrogens is 1. The molecule has 4 nitrogen and oxygen atoms in total. The van der Waals surface area contributed by atoms with Crippen LogP contribution in [0.15, 0.2) is 36.8 Å². The van der Waals surface area contributed by atoms with Gasteiger partial charge in [-0.15, -0.1) is 5.10 Å². The van der Waals surface area contributed by atoms with E-state index in [0.29, 0.717) is 0 Å². The lowest BCUT2D eigenvalue weighted by Gasteiger charge is -2.00. The van der Waals surface area contributed by atoms with Gasteiger partial charge in [0.2, 0.25) is 0 Å². The molecule has 0 atom stereocenters. The minimum atomic E-state index is 1.03. The van der Waals surface area contributed by atoms with Gasteiger partial charge < -0.3 is 4.98 Å². The van der Waals surface area contributed by atoms with E-state index in [9.17, 15) is 0 Å². The van der Waals surface area contributed by atoms with Gasteiger partial charge in [0.05, 0.1) is 18.1 Å². The molecular weight excluding hydrogens is 188 g/mol. The zero-order valence-electron chi connectivity index (χ0n) is 8.31. The molecule has 0 fully saturated rings. The highest BCUT2D eigenvalue weighted by molar-refractivity contribution is 5.84. The summed E-state index contributed by atoms with van der Waals surface area (Å²) in [5, 5.41) is 8.98. The molecule has 0 spiro atoms. The standard InChI is InChI=1S/C11H10N4/c1-8-7-12-11-3-2-9(6-10(8)11)15-5-4-13-14-15/h2-7,12H,1H3. The van der Waals surface area contributed by atoms with Crippen molar-refractivity contribution in [2.75, 3.05) is 0 Å². The van der Waals surface area contributed by atoms with Crippen LogP contribution < -0.4 is 0 Å². The number of aromatic nitrogens is 4. The molecule has 0 aliphatic carbocycles. The van der Waals surface area contributed by atoms with E-state index in [2.05, 4.69) is 34.4 Å². The molecule has 0 unspecified atom stereocenters. The van der Waals surface area contributed by atoms with Crippen molar-refractivity contribution in [3.63, 3.8) is 0 Å². The number of hydrogen-bond donors (Lipinski definition) is 1. The number of aryl methyl sites for hydroxylation is 1. The monoisotopic (exact) mass is 198 g/mol. The minimum Gasteiger partial charge on any atom is -0.361 e. The molecular formula is C11H10N4. The predicted octanol–water partition coefficient (Wildman–Crippen LogP) is 2.06. The van der Waals surface area contributed by atoms with Crippen LogP contribution in [0.1, 0.15) is 5.56 Å². The SMILES string of the molecule is Cc1c[nH]c2ccc(-n3ccnn3)cc12. The molecule has 3 aromatic rings. The predicted molar refractivity (Wildman–Crippen MR) is 58.0 cm³/mol. The minimum absolute atomic E-state index is 1.03. The molecule has 15 heavy (non-hydrogen) atoms. The fraction of sp³-hybridized carbons (Fsp3) is 0.0909. The van der Waals surface area contributed by atoms with E-state index in [1.807, 2.05) is 18.5 Å². The largest absolute Gasteiger partial charge is 0.361 e. The Balaban J connectivity index is 2.25. The van der Waals surface area contributed by atoms with Crippen molar-refractivity contribution >= 4 is 10.9 Å². The third kappa shape index (κ3) is 1.22. The number of nitrogens with zero attached hydrogens (tertiary/aromatic N) is 3. The Hall–Kier alpha value is -2.10. The van der Waals surface area contributed by atoms with Gasteiger partial charge in [0.15, 0.2) is 0 Å². The van der Waals surface area contributed by atoms with Gasteiger partial charge in [0, 0.05) is 17.1 Å². The highest BCUT2D eigenvalue weighted by atomic mass is 15.4. The fourth-order valence-corrected chi connectivity index (χ4v) is 1.74. The summed E-state index contributed by atoms with van der Waals surface area (Å²) >= 11 is 0. The summed E-state index contributed by atoms with van der Waals surface area (Å²) in [4.78, 5) is 3.22. The van der Waals surface area contributed by atoms with Crippen LogP contribution in [0.3, 0.4) is 0 Å². The molecule has 1 aromatic carbocycles. The van der Waals surface area contributed by atoms with Crippen molar-refractivity contribution in [1.29, 1.82) is 0 Å². The van der Waals surface area contributed by atoms with Crippen LogP contribution in [0.5, 0.6) is 0 Å². The third-order valence-corrected chi connectivity index (χ3v) is 2.56. The Morgan fingerprint density at radius 2 is 2.27 bits per heavy atom. The van der Waals surface area contributed by atoms with Crippen molar-refractivity contribution in [2.45, 2.75) is 6.92 Å². The molecule has 0 radical (unpaired) electrons. The average molecular weight is 198 g/mol. The van der Waals surface area contributed by atoms with Crippen LogP contribution in [0.4, 0.5) is 0 Å². The molecule has 0 saturated carbocycles. The van der Waals surface area contributed by atoms with Gasteiger partial charge in [-0.25, -0.2) is 4.68 Å². The van der Waals surface area contributed by atoms with E-state index < -0.39 is 0 Å². The average Bonchev–Trinajstić information content (AvgIpc) is 2.88. The number of aromatic amines is 1. The van der Waals surface area contributed by atoms with Crippen LogP contribution in [-0.2, 0) is 0 Å². The van der Waals surface area contributed by atoms with Crippen LogP contribution in [0.25, 0.3) is 16.6 Å². The Labute approximate surface area is 86.5 Å². The third-order valence-electron chi connectivity index (χ3n) is 2.56. The lowest BCUT2D eigenvalue weighted by molar-refractivity contribution is 0.804. The van der Waals surface area contributed by atoms with Crippen LogP contribution >= 0.6 is 0 Å². The number of benzene rings is 1. The molecule has 74 valence electrons. The van der Waals surface area contributed by atoms with E-state index in [1.54, 1.807) is 10.9 Å². The smallest absolute Gasteiger partial charge is 0.0697 e.